The fourth-order valence-corrected chi connectivity index (χ4v) is 4.20. The molecule has 0 radical (unpaired) electrons. The van der Waals surface area contributed by atoms with E-state index in [-0.39, 0.29) is 5.78 Å². The van der Waals surface area contributed by atoms with Crippen molar-refractivity contribution in [1.29, 1.82) is 0 Å². The number of Topliss-reactive ketones (excluding diaryl/α,β-unsaturated/α-hetero) is 1. The predicted octanol–water partition coefficient (Wildman–Crippen LogP) is 5.46. The first-order valence-corrected chi connectivity index (χ1v) is 7.97. The monoisotopic (exact) mass is 436 g/mol. The molecule has 0 saturated carbocycles. The zero-order valence-electron chi connectivity index (χ0n) is 8.54. The van der Waals surface area contributed by atoms with Crippen LogP contribution in [-0.4, -0.2) is 5.78 Å². The number of halogens is 3. The summed E-state index contributed by atoms with van der Waals surface area (Å²) >= 11 is 11.8. The van der Waals surface area contributed by atoms with Crippen molar-refractivity contribution in [2.45, 2.75) is 6.42 Å². The SMILES string of the molecule is O=C(Cc1ccc(Br)s1)c1cc(Br)cc(Br)c1. The van der Waals surface area contributed by atoms with E-state index in [2.05, 4.69) is 47.8 Å². The maximum absolute atomic E-state index is 12.1. The van der Waals surface area contributed by atoms with Gasteiger partial charge in [0.25, 0.3) is 0 Å². The molecule has 17 heavy (non-hydrogen) atoms. The fraction of sp³-hybridized carbons (Fsp3) is 0.0833. The number of hydrogen-bond acceptors (Lipinski definition) is 2. The van der Waals surface area contributed by atoms with Crippen LogP contribution in [0.1, 0.15) is 15.2 Å². The van der Waals surface area contributed by atoms with E-state index in [1.165, 1.54) is 0 Å². The molecule has 2 rings (SSSR count). The van der Waals surface area contributed by atoms with Gasteiger partial charge in [0, 0.05) is 25.8 Å². The van der Waals surface area contributed by atoms with Crippen molar-refractivity contribution in [2.24, 2.45) is 0 Å². The molecule has 0 atom stereocenters. The smallest absolute Gasteiger partial charge is 0.168 e. The lowest BCUT2D eigenvalue weighted by Gasteiger charge is -2.01. The summed E-state index contributed by atoms with van der Waals surface area (Å²) in [6.07, 6.45) is 0.444. The van der Waals surface area contributed by atoms with E-state index in [9.17, 15) is 4.79 Å². The summed E-state index contributed by atoms with van der Waals surface area (Å²) in [5, 5.41) is 0. The van der Waals surface area contributed by atoms with Crippen LogP contribution in [0.3, 0.4) is 0 Å². The predicted molar refractivity (Wildman–Crippen MR) is 81.9 cm³/mol. The van der Waals surface area contributed by atoms with E-state index in [0.29, 0.717) is 6.42 Å². The molecular weight excluding hydrogens is 432 g/mol. The summed E-state index contributed by atoms with van der Waals surface area (Å²) in [5.74, 6) is 0.126. The minimum Gasteiger partial charge on any atom is -0.294 e. The van der Waals surface area contributed by atoms with Crippen LogP contribution >= 0.6 is 59.1 Å². The third-order valence-electron chi connectivity index (χ3n) is 2.15. The second kappa shape index (κ2) is 5.78. The number of carbonyl (C=O) groups excluding carboxylic acids is 1. The maximum Gasteiger partial charge on any atom is 0.168 e. The Balaban J connectivity index is 2.19. The molecule has 5 heteroatoms. The van der Waals surface area contributed by atoms with Crippen LogP contribution in [0.4, 0.5) is 0 Å². The lowest BCUT2D eigenvalue weighted by molar-refractivity contribution is 0.0993. The Morgan fingerprint density at radius 2 is 1.71 bits per heavy atom. The number of rotatable bonds is 3. The van der Waals surface area contributed by atoms with Crippen LogP contribution in [0.5, 0.6) is 0 Å². The first kappa shape index (κ1) is 13.5. The van der Waals surface area contributed by atoms with Gasteiger partial charge in [0.05, 0.1) is 3.79 Å². The highest BCUT2D eigenvalue weighted by molar-refractivity contribution is 9.11. The van der Waals surface area contributed by atoms with Crippen molar-refractivity contribution in [1.82, 2.24) is 0 Å². The molecule has 0 unspecified atom stereocenters. The average molecular weight is 439 g/mol. The summed E-state index contributed by atoms with van der Waals surface area (Å²) in [4.78, 5) is 13.1. The molecule has 0 aliphatic rings. The van der Waals surface area contributed by atoms with E-state index in [1.54, 1.807) is 11.3 Å². The third kappa shape index (κ3) is 3.74. The topological polar surface area (TPSA) is 17.1 Å². The van der Waals surface area contributed by atoms with Crippen LogP contribution in [0.25, 0.3) is 0 Å². The van der Waals surface area contributed by atoms with E-state index in [0.717, 1.165) is 23.2 Å². The van der Waals surface area contributed by atoms with E-state index in [1.807, 2.05) is 30.3 Å². The van der Waals surface area contributed by atoms with Gasteiger partial charge in [0.2, 0.25) is 0 Å². The van der Waals surface area contributed by atoms with E-state index < -0.39 is 0 Å². The highest BCUT2D eigenvalue weighted by Crippen LogP contribution is 2.25. The molecule has 0 aliphatic carbocycles. The van der Waals surface area contributed by atoms with Crippen molar-refractivity contribution < 1.29 is 4.79 Å². The van der Waals surface area contributed by atoms with Gasteiger partial charge in [-0.15, -0.1) is 11.3 Å². The molecular formula is C12H7Br3OS. The quantitative estimate of drug-likeness (QED) is 0.581. The summed E-state index contributed by atoms with van der Waals surface area (Å²) in [6, 6.07) is 9.54. The van der Waals surface area contributed by atoms with Gasteiger partial charge in [-0.25, -0.2) is 0 Å². The summed E-state index contributed by atoms with van der Waals surface area (Å²) in [6.45, 7) is 0. The Bertz CT molecular complexity index is 542. The lowest BCUT2D eigenvalue weighted by Crippen LogP contribution is -2.02. The standard InChI is InChI=1S/C12H7Br3OS/c13-8-3-7(4-9(14)5-8)11(16)6-10-1-2-12(15)17-10/h1-5H,6H2. The summed E-state index contributed by atoms with van der Waals surface area (Å²) < 4.78 is 2.86. The third-order valence-corrected chi connectivity index (χ3v) is 4.69. The van der Waals surface area contributed by atoms with Crippen LogP contribution in [-0.2, 0) is 6.42 Å². The van der Waals surface area contributed by atoms with Crippen molar-refractivity contribution in [3.63, 3.8) is 0 Å². The first-order chi connectivity index (χ1) is 8.04. The number of thiophene rings is 1. The van der Waals surface area contributed by atoms with Gasteiger partial charge in [-0.05, 0) is 46.3 Å². The van der Waals surface area contributed by atoms with Gasteiger partial charge in [-0.3, -0.25) is 4.79 Å². The molecule has 1 heterocycles. The van der Waals surface area contributed by atoms with E-state index >= 15 is 0 Å². The second-order valence-electron chi connectivity index (χ2n) is 3.46. The lowest BCUT2D eigenvalue weighted by atomic mass is 10.1. The van der Waals surface area contributed by atoms with Crippen molar-refractivity contribution >= 4 is 64.9 Å². The minimum absolute atomic E-state index is 0.126. The molecule has 88 valence electrons. The molecule has 1 nitrogen and oxygen atoms in total. The molecule has 0 saturated heterocycles. The molecule has 1 aromatic heterocycles. The summed E-state index contributed by atoms with van der Waals surface area (Å²) in [7, 11) is 0. The van der Waals surface area contributed by atoms with Gasteiger partial charge in [0.1, 0.15) is 0 Å². The van der Waals surface area contributed by atoms with Gasteiger partial charge < -0.3 is 0 Å². The Kier molecular flexibility index (Phi) is 4.58. The normalized spacial score (nSPS) is 10.5. The molecule has 1 aromatic carbocycles. The molecule has 0 aliphatic heterocycles. The largest absolute Gasteiger partial charge is 0.294 e. The maximum atomic E-state index is 12.1. The highest BCUT2D eigenvalue weighted by Gasteiger charge is 2.10. The molecule has 0 N–H and O–H groups in total. The molecule has 0 bridgehead atoms. The van der Waals surface area contributed by atoms with Gasteiger partial charge in [0.15, 0.2) is 5.78 Å². The van der Waals surface area contributed by atoms with Gasteiger partial charge in [-0.1, -0.05) is 31.9 Å². The van der Waals surface area contributed by atoms with Gasteiger partial charge in [-0.2, -0.15) is 0 Å². The average Bonchev–Trinajstić information content (AvgIpc) is 2.62. The molecule has 0 amide bonds. The molecule has 0 fully saturated rings. The molecule has 2 aromatic rings. The van der Waals surface area contributed by atoms with Crippen LogP contribution < -0.4 is 0 Å². The number of ketones is 1. The Hall–Kier alpha value is 0.0300. The second-order valence-corrected chi connectivity index (χ2v) is 7.84. The molecule has 0 spiro atoms. The van der Waals surface area contributed by atoms with Crippen molar-refractivity contribution in [2.75, 3.05) is 0 Å². The highest BCUT2D eigenvalue weighted by atomic mass is 79.9. The van der Waals surface area contributed by atoms with E-state index in [4.69, 9.17) is 0 Å². The Morgan fingerprint density at radius 3 is 2.24 bits per heavy atom. The Morgan fingerprint density at radius 1 is 1.06 bits per heavy atom. The zero-order valence-corrected chi connectivity index (χ0v) is 14.1. The van der Waals surface area contributed by atoms with Crippen LogP contribution in [0, 0.1) is 0 Å². The fourth-order valence-electron chi connectivity index (χ4n) is 1.42. The van der Waals surface area contributed by atoms with Gasteiger partial charge >= 0.3 is 0 Å². The van der Waals surface area contributed by atoms with Crippen LogP contribution in [0.2, 0.25) is 0 Å². The number of benzene rings is 1. The van der Waals surface area contributed by atoms with Crippen molar-refractivity contribution in [3.8, 4) is 0 Å². The first-order valence-electron chi connectivity index (χ1n) is 4.78. The zero-order chi connectivity index (χ0) is 12.4. The summed E-state index contributed by atoms with van der Waals surface area (Å²) in [5.41, 5.74) is 0.718. The number of hydrogen-bond donors (Lipinski definition) is 0. The number of carbonyl (C=O) groups is 1. The van der Waals surface area contributed by atoms with Crippen molar-refractivity contribution in [3.05, 3.63) is 53.5 Å². The Labute approximate surface area is 129 Å². The van der Waals surface area contributed by atoms with Crippen LogP contribution in [0.15, 0.2) is 43.1 Å². The minimum atomic E-state index is 0.126.